The lowest BCUT2D eigenvalue weighted by Gasteiger charge is -2.33. The summed E-state index contributed by atoms with van der Waals surface area (Å²) in [6.45, 7) is 6.29. The largest absolute Gasteiger partial charge is 0.377 e. The Bertz CT molecular complexity index is 415. The van der Waals surface area contributed by atoms with Gasteiger partial charge in [0.1, 0.15) is 0 Å². The van der Waals surface area contributed by atoms with Crippen molar-refractivity contribution in [3.05, 3.63) is 0 Å². The predicted molar refractivity (Wildman–Crippen MR) is 94.8 cm³/mol. The number of amides is 1. The topological polar surface area (TPSA) is 32.8 Å². The molecule has 0 spiro atoms. The minimum atomic E-state index is 0.375. The second-order valence-electron chi connectivity index (χ2n) is 8.44. The molecule has 1 unspecified atom stereocenters. The van der Waals surface area contributed by atoms with Crippen molar-refractivity contribution in [2.24, 2.45) is 17.8 Å². The number of rotatable bonds is 5. The normalized spacial score (nSPS) is 34.8. The van der Waals surface area contributed by atoms with Gasteiger partial charge in [-0.25, -0.2) is 0 Å². The summed E-state index contributed by atoms with van der Waals surface area (Å²) in [4.78, 5) is 17.4. The van der Waals surface area contributed by atoms with Crippen LogP contribution in [0.3, 0.4) is 0 Å². The summed E-state index contributed by atoms with van der Waals surface area (Å²) < 4.78 is 6.10. The van der Waals surface area contributed by atoms with Crippen LogP contribution in [0, 0.1) is 17.8 Å². The maximum Gasteiger partial charge on any atom is 0.226 e. The molecule has 4 aliphatic rings. The fourth-order valence-corrected chi connectivity index (χ4v) is 5.34. The predicted octanol–water partition coefficient (Wildman–Crippen LogP) is 2.92. The Morgan fingerprint density at radius 2 is 1.50 bits per heavy atom. The van der Waals surface area contributed by atoms with E-state index in [-0.39, 0.29) is 0 Å². The third kappa shape index (κ3) is 3.80. The van der Waals surface area contributed by atoms with Gasteiger partial charge in [0.2, 0.25) is 5.91 Å². The number of hydrogen-bond acceptors (Lipinski definition) is 3. The van der Waals surface area contributed by atoms with Gasteiger partial charge in [0.05, 0.1) is 12.7 Å². The molecule has 4 heteroatoms. The molecule has 0 N–H and O–H groups in total. The minimum Gasteiger partial charge on any atom is -0.377 e. The van der Waals surface area contributed by atoms with Crippen molar-refractivity contribution in [2.45, 2.75) is 63.9 Å². The second-order valence-corrected chi connectivity index (χ2v) is 8.44. The number of carbonyl (C=O) groups is 1. The molecule has 0 radical (unpaired) electrons. The van der Waals surface area contributed by atoms with Crippen LogP contribution in [0.25, 0.3) is 0 Å². The molecule has 2 aliphatic heterocycles. The summed E-state index contributed by atoms with van der Waals surface area (Å²) in [6.07, 6.45) is 11.8. The summed E-state index contributed by atoms with van der Waals surface area (Å²) >= 11 is 0. The van der Waals surface area contributed by atoms with Crippen molar-refractivity contribution in [1.82, 2.24) is 9.80 Å². The van der Waals surface area contributed by atoms with Crippen molar-refractivity contribution in [3.8, 4) is 0 Å². The minimum absolute atomic E-state index is 0.375. The molecule has 4 nitrogen and oxygen atoms in total. The van der Waals surface area contributed by atoms with Gasteiger partial charge < -0.3 is 14.5 Å². The Morgan fingerprint density at radius 3 is 2.17 bits per heavy atom. The summed E-state index contributed by atoms with van der Waals surface area (Å²) in [5.41, 5.74) is 0. The van der Waals surface area contributed by atoms with Crippen LogP contribution >= 0.6 is 0 Å². The zero-order chi connectivity index (χ0) is 16.4. The summed E-state index contributed by atoms with van der Waals surface area (Å²) in [5.74, 6) is 2.34. The zero-order valence-corrected chi connectivity index (χ0v) is 15.1. The second kappa shape index (κ2) is 7.74. The van der Waals surface area contributed by atoms with Crippen molar-refractivity contribution in [1.29, 1.82) is 0 Å². The van der Waals surface area contributed by atoms with E-state index in [1.165, 1.54) is 58.0 Å². The highest BCUT2D eigenvalue weighted by atomic mass is 16.5. The molecule has 4 fully saturated rings. The van der Waals surface area contributed by atoms with Crippen LogP contribution in [0.15, 0.2) is 0 Å². The van der Waals surface area contributed by atoms with Crippen LogP contribution in [0.1, 0.15) is 57.8 Å². The first-order valence-electron chi connectivity index (χ1n) is 10.5. The average Bonchev–Trinajstić information content (AvgIpc) is 3.37. The molecule has 2 saturated heterocycles. The Morgan fingerprint density at radius 1 is 0.833 bits per heavy atom. The van der Waals surface area contributed by atoms with Crippen LogP contribution in [-0.4, -0.2) is 61.1 Å². The van der Waals surface area contributed by atoms with Gasteiger partial charge in [0.25, 0.3) is 0 Å². The Kier molecular flexibility index (Phi) is 5.43. The molecule has 0 bridgehead atoms. The summed E-state index contributed by atoms with van der Waals surface area (Å²) in [5, 5.41) is 0. The van der Waals surface area contributed by atoms with E-state index in [9.17, 15) is 4.79 Å². The molecule has 2 saturated carbocycles. The van der Waals surface area contributed by atoms with Crippen LogP contribution < -0.4 is 0 Å². The Labute approximate surface area is 146 Å². The van der Waals surface area contributed by atoms with Gasteiger partial charge in [-0.1, -0.05) is 19.3 Å². The van der Waals surface area contributed by atoms with Crippen molar-refractivity contribution >= 4 is 5.91 Å². The number of ether oxygens (including phenoxy) is 1. The molecule has 3 atom stereocenters. The number of fused-ring (bicyclic) bond motifs is 1. The van der Waals surface area contributed by atoms with Gasteiger partial charge >= 0.3 is 0 Å². The first-order valence-corrected chi connectivity index (χ1v) is 10.5. The monoisotopic (exact) mass is 334 g/mol. The third-order valence-corrected chi connectivity index (χ3v) is 6.91. The van der Waals surface area contributed by atoms with Crippen LogP contribution in [-0.2, 0) is 9.53 Å². The number of carbonyl (C=O) groups excluding carboxylic acids is 1. The summed E-state index contributed by atoms with van der Waals surface area (Å²) in [6, 6.07) is 0. The lowest BCUT2D eigenvalue weighted by molar-refractivity contribution is -0.135. The maximum atomic E-state index is 12.7. The van der Waals surface area contributed by atoms with Crippen LogP contribution in [0.4, 0.5) is 0 Å². The number of likely N-dealkylation sites (tertiary alicyclic amines) is 2. The molecule has 2 heterocycles. The van der Waals surface area contributed by atoms with E-state index in [1.54, 1.807) is 0 Å². The molecule has 136 valence electrons. The fraction of sp³-hybridized carbons (Fsp3) is 0.950. The Hall–Kier alpha value is -0.610. The summed E-state index contributed by atoms with van der Waals surface area (Å²) in [7, 11) is 0. The highest BCUT2D eigenvalue weighted by Crippen LogP contribution is 2.56. The molecule has 2 aliphatic carbocycles. The highest BCUT2D eigenvalue weighted by molar-refractivity contribution is 5.82. The van der Waals surface area contributed by atoms with Gasteiger partial charge in [-0.2, -0.15) is 0 Å². The smallest absolute Gasteiger partial charge is 0.226 e. The molecule has 0 aromatic carbocycles. The lowest BCUT2D eigenvalue weighted by atomic mass is 10.0. The quantitative estimate of drug-likeness (QED) is 0.775. The number of hydrogen-bond donors (Lipinski definition) is 0. The molecular formula is C20H34N2O2. The SMILES string of the molecule is O=C(C1[C@H]2CCCC[C@@H]12)N1CCC(OCCN2CCCCC2)CC1. The van der Waals surface area contributed by atoms with Gasteiger partial charge in [0.15, 0.2) is 0 Å². The van der Waals surface area contributed by atoms with Crippen LogP contribution in [0.5, 0.6) is 0 Å². The van der Waals surface area contributed by atoms with Crippen molar-refractivity contribution in [2.75, 3.05) is 39.3 Å². The standard InChI is InChI=1S/C20H34N2O2/c23-20(19-17-6-2-3-7-18(17)19)22-12-8-16(9-13-22)24-15-14-21-10-4-1-5-11-21/h16-19H,1-15H2/t17-,18+,19?. The number of piperidine rings is 2. The lowest BCUT2D eigenvalue weighted by Crippen LogP contribution is -2.42. The van der Waals surface area contributed by atoms with Gasteiger partial charge in [-0.15, -0.1) is 0 Å². The first kappa shape index (κ1) is 16.8. The van der Waals surface area contributed by atoms with Crippen LogP contribution in [0.2, 0.25) is 0 Å². The van der Waals surface area contributed by atoms with Crippen molar-refractivity contribution < 1.29 is 9.53 Å². The van der Waals surface area contributed by atoms with E-state index < -0.39 is 0 Å². The average molecular weight is 335 g/mol. The van der Waals surface area contributed by atoms with E-state index in [0.29, 0.717) is 17.9 Å². The molecule has 24 heavy (non-hydrogen) atoms. The molecule has 1 amide bonds. The maximum absolute atomic E-state index is 12.7. The molecule has 4 rings (SSSR count). The number of nitrogens with zero attached hydrogens (tertiary/aromatic N) is 2. The van der Waals surface area contributed by atoms with E-state index >= 15 is 0 Å². The highest BCUT2D eigenvalue weighted by Gasteiger charge is 2.55. The molecular weight excluding hydrogens is 300 g/mol. The van der Waals surface area contributed by atoms with E-state index in [4.69, 9.17) is 4.74 Å². The van der Waals surface area contributed by atoms with Gasteiger partial charge in [0, 0.05) is 25.6 Å². The Balaban J connectivity index is 1.14. The van der Waals surface area contributed by atoms with E-state index in [0.717, 1.165) is 50.9 Å². The van der Waals surface area contributed by atoms with Gasteiger partial charge in [-0.05, 0) is 63.5 Å². The van der Waals surface area contributed by atoms with Crippen molar-refractivity contribution in [3.63, 3.8) is 0 Å². The third-order valence-electron chi connectivity index (χ3n) is 6.91. The molecule has 0 aromatic heterocycles. The first-order chi connectivity index (χ1) is 11.8. The zero-order valence-electron chi connectivity index (χ0n) is 15.1. The van der Waals surface area contributed by atoms with E-state index in [2.05, 4.69) is 9.80 Å². The van der Waals surface area contributed by atoms with Gasteiger partial charge in [-0.3, -0.25) is 4.79 Å². The fourth-order valence-electron chi connectivity index (χ4n) is 5.34. The molecule has 0 aromatic rings. The van der Waals surface area contributed by atoms with E-state index in [1.807, 2.05) is 0 Å².